The molecule has 0 bridgehead atoms. The van der Waals surface area contributed by atoms with Gasteiger partial charge in [-0.15, -0.1) is 0 Å². The Kier molecular flexibility index (Phi) is 3.73. The molecule has 2 aliphatic rings. The van der Waals surface area contributed by atoms with Crippen molar-refractivity contribution in [3.8, 4) is 0 Å². The van der Waals surface area contributed by atoms with Crippen LogP contribution in [0.25, 0.3) is 0 Å². The van der Waals surface area contributed by atoms with Crippen LogP contribution < -0.4 is 0 Å². The summed E-state index contributed by atoms with van der Waals surface area (Å²) in [6.45, 7) is 9.20. The van der Waals surface area contributed by atoms with Gasteiger partial charge in [-0.3, -0.25) is 14.6 Å². The summed E-state index contributed by atoms with van der Waals surface area (Å²) in [6, 6.07) is 0.866. The van der Waals surface area contributed by atoms with Crippen molar-refractivity contribution in [3.05, 3.63) is 0 Å². The second kappa shape index (κ2) is 4.94. The second-order valence-electron chi connectivity index (χ2n) is 5.92. The van der Waals surface area contributed by atoms with Gasteiger partial charge in [0.15, 0.2) is 0 Å². The average molecular weight is 240 g/mol. The maximum atomic E-state index is 11.6. The third-order valence-corrected chi connectivity index (χ3v) is 3.83. The normalized spacial score (nSPS) is 23.7. The van der Waals surface area contributed by atoms with Crippen molar-refractivity contribution in [3.63, 3.8) is 0 Å². The molecule has 0 amide bonds. The first kappa shape index (κ1) is 12.8. The van der Waals surface area contributed by atoms with Gasteiger partial charge in [0.2, 0.25) is 0 Å². The predicted octanol–water partition coefficient (Wildman–Crippen LogP) is 0.966. The van der Waals surface area contributed by atoms with E-state index in [1.807, 2.05) is 13.8 Å². The molecular weight excluding hydrogens is 216 g/mol. The largest absolute Gasteiger partial charge is 0.469 e. The minimum atomic E-state index is -0.392. The Hall–Kier alpha value is -0.610. The van der Waals surface area contributed by atoms with E-state index in [0.717, 1.165) is 38.8 Å². The van der Waals surface area contributed by atoms with Crippen molar-refractivity contribution in [1.82, 2.24) is 9.80 Å². The lowest BCUT2D eigenvalue weighted by molar-refractivity contribution is -0.152. The van der Waals surface area contributed by atoms with Crippen LogP contribution in [0.4, 0.5) is 0 Å². The minimum absolute atomic E-state index is 0.109. The van der Waals surface area contributed by atoms with E-state index >= 15 is 0 Å². The lowest BCUT2D eigenvalue weighted by atomic mass is 9.92. The number of carbonyl (C=O) groups is 1. The quantitative estimate of drug-likeness (QED) is 0.685. The fourth-order valence-corrected chi connectivity index (χ4v) is 2.63. The molecule has 1 aliphatic heterocycles. The molecule has 1 saturated carbocycles. The summed E-state index contributed by atoms with van der Waals surface area (Å²) < 4.78 is 4.85. The van der Waals surface area contributed by atoms with E-state index in [-0.39, 0.29) is 5.97 Å². The van der Waals surface area contributed by atoms with Crippen LogP contribution in [0.2, 0.25) is 0 Å². The molecular formula is C13H24N2O2. The zero-order chi connectivity index (χ0) is 12.5. The SMILES string of the molecule is COC(=O)C(C)(C)CN1CCN(C2CC2)CC1. The zero-order valence-corrected chi connectivity index (χ0v) is 11.2. The van der Waals surface area contributed by atoms with Gasteiger partial charge in [0, 0.05) is 38.8 Å². The van der Waals surface area contributed by atoms with Crippen LogP contribution in [0.1, 0.15) is 26.7 Å². The number of hydrogen-bond acceptors (Lipinski definition) is 4. The Morgan fingerprint density at radius 1 is 1.24 bits per heavy atom. The lowest BCUT2D eigenvalue weighted by Gasteiger charge is -2.38. The smallest absolute Gasteiger partial charge is 0.312 e. The Balaban J connectivity index is 1.78. The number of nitrogens with zero attached hydrogens (tertiary/aromatic N) is 2. The molecule has 0 aromatic rings. The van der Waals surface area contributed by atoms with Gasteiger partial charge in [-0.05, 0) is 26.7 Å². The van der Waals surface area contributed by atoms with Crippen LogP contribution in [0.3, 0.4) is 0 Å². The third kappa shape index (κ3) is 3.19. The molecule has 1 saturated heterocycles. The van der Waals surface area contributed by atoms with Gasteiger partial charge in [-0.25, -0.2) is 0 Å². The molecule has 98 valence electrons. The van der Waals surface area contributed by atoms with E-state index in [4.69, 9.17) is 4.74 Å². The maximum Gasteiger partial charge on any atom is 0.312 e. The van der Waals surface area contributed by atoms with Gasteiger partial charge in [0.25, 0.3) is 0 Å². The number of esters is 1. The van der Waals surface area contributed by atoms with Crippen LogP contribution in [-0.2, 0) is 9.53 Å². The summed E-state index contributed by atoms with van der Waals surface area (Å²) in [6.07, 6.45) is 2.77. The molecule has 2 rings (SSSR count). The second-order valence-corrected chi connectivity index (χ2v) is 5.92. The first-order valence-corrected chi connectivity index (χ1v) is 6.58. The van der Waals surface area contributed by atoms with Gasteiger partial charge >= 0.3 is 5.97 Å². The minimum Gasteiger partial charge on any atom is -0.469 e. The number of rotatable bonds is 4. The molecule has 4 heteroatoms. The highest BCUT2D eigenvalue weighted by Gasteiger charge is 2.35. The molecule has 0 spiro atoms. The molecule has 1 aliphatic carbocycles. The molecule has 2 fully saturated rings. The van der Waals surface area contributed by atoms with Gasteiger partial charge in [-0.2, -0.15) is 0 Å². The van der Waals surface area contributed by atoms with E-state index in [0.29, 0.717) is 0 Å². The summed E-state index contributed by atoms with van der Waals surface area (Å²) in [5.41, 5.74) is -0.392. The zero-order valence-electron chi connectivity index (χ0n) is 11.2. The highest BCUT2D eigenvalue weighted by Crippen LogP contribution is 2.28. The van der Waals surface area contributed by atoms with Crippen molar-refractivity contribution in [1.29, 1.82) is 0 Å². The Labute approximate surface area is 104 Å². The van der Waals surface area contributed by atoms with Crippen molar-refractivity contribution < 1.29 is 9.53 Å². The lowest BCUT2D eigenvalue weighted by Crippen LogP contribution is -2.50. The van der Waals surface area contributed by atoms with Crippen molar-refractivity contribution >= 4 is 5.97 Å². The third-order valence-electron chi connectivity index (χ3n) is 3.83. The van der Waals surface area contributed by atoms with Crippen LogP contribution in [0, 0.1) is 5.41 Å². The van der Waals surface area contributed by atoms with Gasteiger partial charge < -0.3 is 4.74 Å². The monoisotopic (exact) mass is 240 g/mol. The number of hydrogen-bond donors (Lipinski definition) is 0. The Morgan fingerprint density at radius 2 is 1.82 bits per heavy atom. The topological polar surface area (TPSA) is 32.8 Å². The van der Waals surface area contributed by atoms with Gasteiger partial charge in [-0.1, -0.05) is 0 Å². The number of ether oxygens (including phenoxy) is 1. The highest BCUT2D eigenvalue weighted by molar-refractivity contribution is 5.76. The molecule has 4 nitrogen and oxygen atoms in total. The molecule has 0 aromatic carbocycles. The average Bonchev–Trinajstić information content (AvgIpc) is 3.12. The molecule has 0 atom stereocenters. The maximum absolute atomic E-state index is 11.6. The highest BCUT2D eigenvalue weighted by atomic mass is 16.5. The molecule has 17 heavy (non-hydrogen) atoms. The molecule has 0 unspecified atom stereocenters. The molecule has 0 N–H and O–H groups in total. The van der Waals surface area contributed by atoms with E-state index in [1.54, 1.807) is 0 Å². The Bertz CT molecular complexity index is 279. The van der Waals surface area contributed by atoms with E-state index < -0.39 is 5.41 Å². The van der Waals surface area contributed by atoms with Gasteiger partial charge in [0.05, 0.1) is 12.5 Å². The van der Waals surface area contributed by atoms with Crippen molar-refractivity contribution in [2.24, 2.45) is 5.41 Å². The molecule has 0 aromatic heterocycles. The van der Waals surface area contributed by atoms with E-state index in [9.17, 15) is 4.79 Å². The van der Waals surface area contributed by atoms with E-state index in [2.05, 4.69) is 9.80 Å². The fourth-order valence-electron chi connectivity index (χ4n) is 2.63. The summed E-state index contributed by atoms with van der Waals surface area (Å²) in [5.74, 6) is -0.109. The summed E-state index contributed by atoms with van der Waals surface area (Å²) in [4.78, 5) is 16.6. The van der Waals surface area contributed by atoms with Crippen LogP contribution >= 0.6 is 0 Å². The standard InChI is InChI=1S/C13H24N2O2/c1-13(2,12(16)17-3)10-14-6-8-15(9-7-14)11-4-5-11/h11H,4-10H2,1-3H3. The molecule has 0 radical (unpaired) electrons. The number of piperazine rings is 1. The van der Waals surface area contributed by atoms with E-state index in [1.165, 1.54) is 20.0 Å². The van der Waals surface area contributed by atoms with Crippen LogP contribution in [-0.4, -0.2) is 61.6 Å². The van der Waals surface area contributed by atoms with Crippen LogP contribution in [0.5, 0.6) is 0 Å². The summed E-state index contributed by atoms with van der Waals surface area (Å²) in [5, 5.41) is 0. The fraction of sp³-hybridized carbons (Fsp3) is 0.923. The predicted molar refractivity (Wildman–Crippen MR) is 66.8 cm³/mol. The molecule has 1 heterocycles. The van der Waals surface area contributed by atoms with Crippen molar-refractivity contribution in [2.75, 3.05) is 39.8 Å². The van der Waals surface area contributed by atoms with Crippen molar-refractivity contribution in [2.45, 2.75) is 32.7 Å². The first-order chi connectivity index (χ1) is 8.03. The first-order valence-electron chi connectivity index (χ1n) is 6.58. The number of methoxy groups -OCH3 is 1. The van der Waals surface area contributed by atoms with Gasteiger partial charge in [0.1, 0.15) is 0 Å². The Morgan fingerprint density at radius 3 is 2.29 bits per heavy atom. The summed E-state index contributed by atoms with van der Waals surface area (Å²) >= 11 is 0. The summed E-state index contributed by atoms with van der Waals surface area (Å²) in [7, 11) is 1.47. The van der Waals surface area contributed by atoms with Crippen LogP contribution in [0.15, 0.2) is 0 Å². The number of carbonyl (C=O) groups excluding carboxylic acids is 1.